The Kier molecular flexibility index (Phi) is 10.2. The summed E-state index contributed by atoms with van der Waals surface area (Å²) in [6, 6.07) is 7.02. The minimum atomic E-state index is -0.174. The fourth-order valence-electron chi connectivity index (χ4n) is 6.08. The molecule has 1 fully saturated rings. The number of fused-ring (bicyclic) bond motifs is 2. The lowest BCUT2D eigenvalue weighted by Gasteiger charge is -2.13. The number of ether oxygens (including phenoxy) is 1. The molecule has 9 heteroatoms. The molecule has 1 unspecified atom stereocenters. The number of nitrogens with one attached hydrogen (secondary N) is 2. The standard InChI is InChI=1S/C32H41N3O5S/c36-27(34-30-28(25-16-11-17-26(25)41-30)29(37)33-21-22-13-12-20-40-22)18-7-5-3-1-2-4-6-10-19-35-31(38)23-14-8-9-15-24(23)32(35)39/h8-9,14-15,22H,1-7,10-13,16-21H2,(H,33,37)(H,34,36). The van der Waals surface area contributed by atoms with Crippen molar-refractivity contribution in [3.8, 4) is 0 Å². The number of hydrogen-bond donors (Lipinski definition) is 2. The first-order chi connectivity index (χ1) is 20.0. The Morgan fingerprint density at radius 2 is 1.59 bits per heavy atom. The summed E-state index contributed by atoms with van der Waals surface area (Å²) in [7, 11) is 0. The normalized spacial score (nSPS) is 17.7. The van der Waals surface area contributed by atoms with E-state index in [0.29, 0.717) is 41.2 Å². The van der Waals surface area contributed by atoms with E-state index in [4.69, 9.17) is 4.74 Å². The van der Waals surface area contributed by atoms with Gasteiger partial charge in [0.1, 0.15) is 5.00 Å². The third-order valence-corrected chi connectivity index (χ3v) is 9.54. The zero-order chi connectivity index (χ0) is 28.6. The van der Waals surface area contributed by atoms with Gasteiger partial charge in [0.25, 0.3) is 17.7 Å². The number of imide groups is 1. The van der Waals surface area contributed by atoms with E-state index in [2.05, 4.69) is 10.6 Å². The van der Waals surface area contributed by atoms with E-state index < -0.39 is 0 Å². The summed E-state index contributed by atoms with van der Waals surface area (Å²) in [5.74, 6) is -0.469. The Morgan fingerprint density at radius 1 is 0.902 bits per heavy atom. The molecule has 1 aromatic heterocycles. The number of benzene rings is 1. The number of carbonyl (C=O) groups excluding carboxylic acids is 4. The van der Waals surface area contributed by atoms with Gasteiger partial charge in [-0.15, -0.1) is 11.3 Å². The van der Waals surface area contributed by atoms with E-state index in [1.54, 1.807) is 35.6 Å². The second-order valence-corrected chi connectivity index (χ2v) is 12.4. The van der Waals surface area contributed by atoms with Gasteiger partial charge in [-0.2, -0.15) is 0 Å². The van der Waals surface area contributed by atoms with Crippen LogP contribution in [0, 0.1) is 0 Å². The molecule has 0 spiro atoms. The molecule has 1 saturated heterocycles. The van der Waals surface area contributed by atoms with Crippen LogP contribution in [-0.4, -0.2) is 54.3 Å². The average Bonchev–Trinajstić information content (AvgIpc) is 3.75. The van der Waals surface area contributed by atoms with Gasteiger partial charge >= 0.3 is 0 Å². The van der Waals surface area contributed by atoms with Gasteiger partial charge in [0.2, 0.25) is 5.91 Å². The molecule has 0 saturated carbocycles. The number of thiophene rings is 1. The van der Waals surface area contributed by atoms with Crippen LogP contribution in [0.5, 0.6) is 0 Å². The van der Waals surface area contributed by atoms with E-state index >= 15 is 0 Å². The van der Waals surface area contributed by atoms with Crippen molar-refractivity contribution in [3.63, 3.8) is 0 Å². The number of unbranched alkanes of at least 4 members (excludes halogenated alkanes) is 7. The highest BCUT2D eigenvalue weighted by atomic mass is 32.1. The summed E-state index contributed by atoms with van der Waals surface area (Å²) in [6.07, 6.45) is 13.5. The maximum absolute atomic E-state index is 13.0. The van der Waals surface area contributed by atoms with Crippen LogP contribution in [0.4, 0.5) is 5.00 Å². The van der Waals surface area contributed by atoms with Crippen molar-refractivity contribution in [1.29, 1.82) is 0 Å². The van der Waals surface area contributed by atoms with Gasteiger partial charge in [0, 0.05) is 31.0 Å². The topological polar surface area (TPSA) is 105 Å². The highest BCUT2D eigenvalue weighted by Crippen LogP contribution is 2.39. The Labute approximate surface area is 246 Å². The number of amides is 4. The van der Waals surface area contributed by atoms with Crippen molar-refractivity contribution in [1.82, 2.24) is 10.2 Å². The second-order valence-electron chi connectivity index (χ2n) is 11.3. The maximum atomic E-state index is 13.0. The van der Waals surface area contributed by atoms with Crippen LogP contribution in [0.25, 0.3) is 0 Å². The monoisotopic (exact) mass is 579 g/mol. The lowest BCUT2D eigenvalue weighted by Crippen LogP contribution is -2.32. The fraction of sp³-hybridized carbons (Fsp3) is 0.562. The van der Waals surface area contributed by atoms with Crippen LogP contribution >= 0.6 is 11.3 Å². The predicted molar refractivity (Wildman–Crippen MR) is 160 cm³/mol. The molecule has 41 heavy (non-hydrogen) atoms. The van der Waals surface area contributed by atoms with E-state index in [1.165, 1.54) is 9.78 Å². The number of carbonyl (C=O) groups is 4. The minimum Gasteiger partial charge on any atom is -0.376 e. The third kappa shape index (κ3) is 7.25. The predicted octanol–water partition coefficient (Wildman–Crippen LogP) is 5.89. The Bertz CT molecular complexity index is 1230. The van der Waals surface area contributed by atoms with Crippen molar-refractivity contribution in [2.24, 2.45) is 0 Å². The first-order valence-corrected chi connectivity index (χ1v) is 16.1. The number of anilines is 1. The molecule has 2 aromatic rings. The zero-order valence-electron chi connectivity index (χ0n) is 23.8. The molecule has 5 rings (SSSR count). The summed E-state index contributed by atoms with van der Waals surface area (Å²) < 4.78 is 5.64. The van der Waals surface area contributed by atoms with Gasteiger partial charge in [-0.25, -0.2) is 0 Å². The molecule has 1 aromatic carbocycles. The van der Waals surface area contributed by atoms with Crippen molar-refractivity contribution >= 4 is 40.0 Å². The smallest absolute Gasteiger partial charge is 0.261 e. The van der Waals surface area contributed by atoms with Gasteiger partial charge in [-0.3, -0.25) is 24.1 Å². The third-order valence-electron chi connectivity index (χ3n) is 8.33. The Morgan fingerprint density at radius 3 is 2.27 bits per heavy atom. The molecule has 2 aliphatic heterocycles. The fourth-order valence-corrected chi connectivity index (χ4v) is 7.38. The molecule has 220 valence electrons. The van der Waals surface area contributed by atoms with Crippen LogP contribution in [0.15, 0.2) is 24.3 Å². The molecule has 3 aliphatic rings. The average molecular weight is 580 g/mol. The van der Waals surface area contributed by atoms with Crippen LogP contribution in [-0.2, 0) is 22.4 Å². The van der Waals surface area contributed by atoms with E-state index in [9.17, 15) is 19.2 Å². The van der Waals surface area contributed by atoms with E-state index in [1.807, 2.05) is 0 Å². The molecule has 1 aliphatic carbocycles. The van der Waals surface area contributed by atoms with Crippen LogP contribution in [0.3, 0.4) is 0 Å². The quantitative estimate of drug-likeness (QED) is 0.202. The summed E-state index contributed by atoms with van der Waals surface area (Å²) >= 11 is 1.56. The van der Waals surface area contributed by atoms with Gasteiger partial charge in [-0.05, 0) is 62.6 Å². The second kappa shape index (κ2) is 14.2. The van der Waals surface area contributed by atoms with E-state index in [-0.39, 0.29) is 29.7 Å². The highest BCUT2D eigenvalue weighted by Gasteiger charge is 2.34. The van der Waals surface area contributed by atoms with Gasteiger partial charge in [0.05, 0.1) is 22.8 Å². The SMILES string of the molecule is O=C(CCCCCCCCCCN1C(=O)c2ccccc2C1=O)Nc1sc2c(c1C(=O)NCC1CCCO1)CCC2. The molecule has 3 heterocycles. The van der Waals surface area contributed by atoms with Gasteiger partial charge in [0.15, 0.2) is 0 Å². The van der Waals surface area contributed by atoms with Crippen molar-refractivity contribution in [3.05, 3.63) is 51.4 Å². The van der Waals surface area contributed by atoms with Gasteiger partial charge in [-0.1, -0.05) is 50.7 Å². The first kappa shape index (κ1) is 29.5. The lowest BCUT2D eigenvalue weighted by atomic mass is 10.1. The summed E-state index contributed by atoms with van der Waals surface area (Å²) in [5, 5.41) is 6.78. The van der Waals surface area contributed by atoms with Gasteiger partial charge < -0.3 is 15.4 Å². The molecular weight excluding hydrogens is 538 g/mol. The number of nitrogens with zero attached hydrogens (tertiary/aromatic N) is 1. The Hall–Kier alpha value is -3.04. The summed E-state index contributed by atoms with van der Waals surface area (Å²) in [4.78, 5) is 53.2. The summed E-state index contributed by atoms with van der Waals surface area (Å²) in [6.45, 7) is 1.76. The van der Waals surface area contributed by atoms with Crippen molar-refractivity contribution in [2.75, 3.05) is 25.0 Å². The Balaban J connectivity index is 0.941. The molecule has 0 bridgehead atoms. The van der Waals surface area contributed by atoms with Crippen LogP contribution in [0.1, 0.15) is 119 Å². The maximum Gasteiger partial charge on any atom is 0.261 e. The summed E-state index contributed by atoms with van der Waals surface area (Å²) in [5.41, 5.74) is 2.80. The van der Waals surface area contributed by atoms with Crippen LogP contribution < -0.4 is 10.6 Å². The largest absolute Gasteiger partial charge is 0.376 e. The molecule has 8 nitrogen and oxygen atoms in total. The van der Waals surface area contributed by atoms with Crippen molar-refractivity contribution in [2.45, 2.75) is 96.0 Å². The molecule has 2 N–H and O–H groups in total. The minimum absolute atomic E-state index is 0.0220. The number of rotatable bonds is 15. The number of hydrogen-bond acceptors (Lipinski definition) is 6. The molecule has 1 atom stereocenters. The molecular formula is C32H41N3O5S. The zero-order valence-corrected chi connectivity index (χ0v) is 24.6. The molecule has 4 amide bonds. The lowest BCUT2D eigenvalue weighted by molar-refractivity contribution is -0.116. The number of aryl methyl sites for hydroxylation is 1. The van der Waals surface area contributed by atoms with Crippen molar-refractivity contribution < 1.29 is 23.9 Å². The highest BCUT2D eigenvalue weighted by molar-refractivity contribution is 7.17. The van der Waals surface area contributed by atoms with E-state index in [0.717, 1.165) is 95.6 Å². The van der Waals surface area contributed by atoms with Crippen LogP contribution in [0.2, 0.25) is 0 Å². The first-order valence-electron chi connectivity index (χ1n) is 15.3. The molecule has 0 radical (unpaired) electrons.